The Kier molecular flexibility index (Phi) is 8.56. The molecule has 1 heterocycles. The number of carbonyl (C=O) groups excluding carboxylic acids is 2. The fourth-order valence-electron chi connectivity index (χ4n) is 4.45. The molecule has 0 aliphatic heterocycles. The number of methoxy groups -OCH3 is 1. The average Bonchev–Trinajstić information content (AvgIpc) is 3.38. The van der Waals surface area contributed by atoms with Crippen LogP contribution in [-0.2, 0) is 6.18 Å². The number of hydrogen-bond acceptors (Lipinski definition) is 5. The number of nitrogens with one attached hydrogen (secondary N) is 2. The number of rotatable bonds is 7. The van der Waals surface area contributed by atoms with Crippen molar-refractivity contribution >= 4 is 56.5 Å². The molecule has 1 aromatic heterocycles. The van der Waals surface area contributed by atoms with Gasteiger partial charge in [0.15, 0.2) is 0 Å². The molecule has 218 valence electrons. The van der Waals surface area contributed by atoms with E-state index in [1.165, 1.54) is 43.7 Å². The maximum Gasteiger partial charge on any atom is 0.418 e. The Hall–Kier alpha value is -4.61. The van der Waals surface area contributed by atoms with Crippen molar-refractivity contribution in [3.63, 3.8) is 0 Å². The van der Waals surface area contributed by atoms with E-state index in [1.54, 1.807) is 48.5 Å². The molecule has 0 unspecified atom stereocenters. The fourth-order valence-corrected chi connectivity index (χ4v) is 5.00. The van der Waals surface area contributed by atoms with Gasteiger partial charge in [-0.2, -0.15) is 18.3 Å². The lowest BCUT2D eigenvalue weighted by molar-refractivity contribution is -0.136. The minimum Gasteiger partial charge on any atom is -0.496 e. The van der Waals surface area contributed by atoms with Crippen LogP contribution in [0.25, 0.3) is 22.0 Å². The Labute approximate surface area is 256 Å². The highest BCUT2D eigenvalue weighted by atomic mass is 79.9. The van der Waals surface area contributed by atoms with E-state index in [9.17, 15) is 22.8 Å². The van der Waals surface area contributed by atoms with Crippen LogP contribution in [0.5, 0.6) is 11.5 Å². The largest absolute Gasteiger partial charge is 0.496 e. The number of nitrogens with zero attached hydrogens (tertiary/aromatic N) is 1. The molecule has 0 atom stereocenters. The molecule has 43 heavy (non-hydrogen) atoms. The van der Waals surface area contributed by atoms with E-state index in [0.29, 0.717) is 26.2 Å². The van der Waals surface area contributed by atoms with Crippen LogP contribution >= 0.6 is 27.5 Å². The summed E-state index contributed by atoms with van der Waals surface area (Å²) in [4.78, 5) is 28.9. The molecule has 0 saturated carbocycles. The summed E-state index contributed by atoms with van der Waals surface area (Å²) in [5.74, 6) is -1.16. The van der Waals surface area contributed by atoms with E-state index < -0.39 is 23.6 Å². The molecule has 0 radical (unpaired) electrons. The van der Waals surface area contributed by atoms with Crippen LogP contribution in [0.3, 0.4) is 0 Å². The van der Waals surface area contributed by atoms with Gasteiger partial charge in [-0.25, -0.2) is 10.2 Å². The van der Waals surface area contributed by atoms with Gasteiger partial charge in [0.2, 0.25) is 0 Å². The normalized spacial score (nSPS) is 11.6. The highest BCUT2D eigenvalue weighted by Crippen LogP contribution is 2.39. The molecule has 2 N–H and O–H groups in total. The van der Waals surface area contributed by atoms with Gasteiger partial charge < -0.3 is 14.5 Å². The molecule has 0 bridgehead atoms. The van der Waals surface area contributed by atoms with Crippen molar-refractivity contribution in [1.82, 2.24) is 10.4 Å². The fraction of sp³-hybridized carbons (Fsp3) is 0.0645. The van der Waals surface area contributed by atoms with Crippen LogP contribution in [-0.4, -0.2) is 30.2 Å². The molecule has 12 heteroatoms. The first-order chi connectivity index (χ1) is 20.6. The van der Waals surface area contributed by atoms with Gasteiger partial charge >= 0.3 is 12.1 Å². The first kappa shape index (κ1) is 29.9. The third-order valence-electron chi connectivity index (χ3n) is 6.35. The Morgan fingerprint density at radius 2 is 1.72 bits per heavy atom. The molecule has 5 aromatic rings. The van der Waals surface area contributed by atoms with Gasteiger partial charge in [0.05, 0.1) is 24.4 Å². The number of ether oxygens (including phenoxy) is 2. The number of carbonyl (C=O) groups is 2. The molecule has 7 nitrogen and oxygen atoms in total. The third-order valence-corrected chi connectivity index (χ3v) is 7.08. The lowest BCUT2D eigenvalue weighted by Gasteiger charge is -2.11. The minimum absolute atomic E-state index is 0.0968. The molecule has 0 spiro atoms. The zero-order chi connectivity index (χ0) is 30.7. The molecule has 0 aliphatic rings. The van der Waals surface area contributed by atoms with Crippen molar-refractivity contribution < 1.29 is 32.2 Å². The number of halogens is 5. The number of alkyl halides is 3. The summed E-state index contributed by atoms with van der Waals surface area (Å²) < 4.78 is 52.8. The van der Waals surface area contributed by atoms with Gasteiger partial charge in [0.25, 0.3) is 5.91 Å². The molecule has 1 amide bonds. The summed E-state index contributed by atoms with van der Waals surface area (Å²) in [5.41, 5.74) is 2.37. The van der Waals surface area contributed by atoms with E-state index in [-0.39, 0.29) is 33.7 Å². The number of aromatic amines is 1. The second-order valence-corrected chi connectivity index (χ2v) is 10.4. The van der Waals surface area contributed by atoms with Crippen LogP contribution in [0.4, 0.5) is 13.2 Å². The van der Waals surface area contributed by atoms with Crippen molar-refractivity contribution in [3.05, 3.63) is 117 Å². The summed E-state index contributed by atoms with van der Waals surface area (Å²) >= 11 is 9.39. The molecule has 4 aromatic carbocycles. The number of H-pyrrole nitrogens is 1. The second kappa shape index (κ2) is 12.3. The molecule has 0 fully saturated rings. The van der Waals surface area contributed by atoms with Gasteiger partial charge in [-0.1, -0.05) is 70.0 Å². The molecular weight excluding hydrogens is 651 g/mol. The summed E-state index contributed by atoms with van der Waals surface area (Å²) in [7, 11) is 1.40. The summed E-state index contributed by atoms with van der Waals surface area (Å²) in [6.45, 7) is 0. The van der Waals surface area contributed by atoms with Crippen LogP contribution in [0.2, 0.25) is 5.02 Å². The Balaban J connectivity index is 1.46. The number of benzene rings is 4. The average molecular weight is 671 g/mol. The number of amides is 1. The number of hydrogen-bond donors (Lipinski definition) is 2. The highest BCUT2D eigenvalue weighted by molar-refractivity contribution is 9.10. The van der Waals surface area contributed by atoms with Gasteiger partial charge in [-0.3, -0.25) is 4.79 Å². The second-order valence-electron chi connectivity index (χ2n) is 9.08. The quantitative estimate of drug-likeness (QED) is 0.0790. The van der Waals surface area contributed by atoms with E-state index in [4.69, 9.17) is 21.1 Å². The number of para-hydroxylation sites is 1. The van der Waals surface area contributed by atoms with Gasteiger partial charge in [0.1, 0.15) is 22.8 Å². The van der Waals surface area contributed by atoms with Gasteiger partial charge in [-0.15, -0.1) is 0 Å². The monoisotopic (exact) mass is 669 g/mol. The Morgan fingerprint density at radius 1 is 0.977 bits per heavy atom. The van der Waals surface area contributed by atoms with E-state index in [0.717, 1.165) is 6.07 Å². The van der Waals surface area contributed by atoms with Crippen molar-refractivity contribution in [2.45, 2.75) is 6.18 Å². The number of aromatic nitrogens is 1. The standard InChI is InChI=1S/C31H20BrClF3N3O4/c1-42-25-13-11-20(33)15-22(25)30(41)43-24-12-10-19(32)14-18(24)16-37-39-29(40)28-26(17-6-3-2-4-7-17)21-8-5-9-23(27(21)38-28)31(34,35)36/h2-16,38H,1H3,(H,39,40). The molecule has 5 rings (SSSR count). The van der Waals surface area contributed by atoms with Crippen molar-refractivity contribution in [1.29, 1.82) is 0 Å². The lowest BCUT2D eigenvalue weighted by atomic mass is 10.0. The van der Waals surface area contributed by atoms with Crippen molar-refractivity contribution in [2.24, 2.45) is 5.10 Å². The first-order valence-electron chi connectivity index (χ1n) is 12.5. The maximum absolute atomic E-state index is 13.8. The van der Waals surface area contributed by atoms with E-state index >= 15 is 0 Å². The zero-order valence-corrected chi connectivity index (χ0v) is 24.5. The Morgan fingerprint density at radius 3 is 2.44 bits per heavy atom. The summed E-state index contributed by atoms with van der Waals surface area (Å²) in [6, 6.07) is 21.6. The third kappa shape index (κ3) is 6.42. The predicted molar refractivity (Wildman–Crippen MR) is 161 cm³/mol. The minimum atomic E-state index is -4.64. The topological polar surface area (TPSA) is 92.8 Å². The van der Waals surface area contributed by atoms with Crippen LogP contribution < -0.4 is 14.9 Å². The molecule has 0 aliphatic carbocycles. The van der Waals surface area contributed by atoms with Crippen LogP contribution in [0, 0.1) is 0 Å². The van der Waals surface area contributed by atoms with Crippen molar-refractivity contribution in [3.8, 4) is 22.6 Å². The number of hydrazone groups is 1. The smallest absolute Gasteiger partial charge is 0.418 e. The molecule has 0 saturated heterocycles. The highest BCUT2D eigenvalue weighted by Gasteiger charge is 2.34. The van der Waals surface area contributed by atoms with Crippen LogP contribution in [0.1, 0.15) is 32.0 Å². The molecular formula is C31H20BrClF3N3O4. The first-order valence-corrected chi connectivity index (χ1v) is 13.7. The van der Waals surface area contributed by atoms with Gasteiger partial charge in [-0.05, 0) is 48.0 Å². The lowest BCUT2D eigenvalue weighted by Crippen LogP contribution is -2.19. The van der Waals surface area contributed by atoms with E-state index in [1.807, 2.05) is 0 Å². The Bertz CT molecular complexity index is 1870. The van der Waals surface area contributed by atoms with Crippen LogP contribution in [0.15, 0.2) is 94.5 Å². The number of esters is 1. The SMILES string of the molecule is COc1ccc(Cl)cc1C(=O)Oc1ccc(Br)cc1C=NNC(=O)c1[nH]c2c(C(F)(F)F)cccc2c1-c1ccccc1. The maximum atomic E-state index is 13.8. The van der Waals surface area contributed by atoms with Crippen molar-refractivity contribution in [2.75, 3.05) is 7.11 Å². The number of fused-ring (bicyclic) bond motifs is 1. The zero-order valence-electron chi connectivity index (χ0n) is 22.1. The van der Waals surface area contributed by atoms with E-state index in [2.05, 4.69) is 31.4 Å². The summed E-state index contributed by atoms with van der Waals surface area (Å²) in [6.07, 6.45) is -3.40. The van der Waals surface area contributed by atoms with Gasteiger partial charge in [0, 0.05) is 26.0 Å². The summed E-state index contributed by atoms with van der Waals surface area (Å²) in [5, 5.41) is 4.54. The predicted octanol–water partition coefficient (Wildman–Crippen LogP) is 8.26.